The van der Waals surface area contributed by atoms with Crippen LogP contribution in [0.15, 0.2) is 89.1 Å². The van der Waals surface area contributed by atoms with Crippen molar-refractivity contribution in [3.05, 3.63) is 90.3 Å². The van der Waals surface area contributed by atoms with E-state index in [1.165, 1.54) is 30.7 Å². The first kappa shape index (κ1) is 20.2. The van der Waals surface area contributed by atoms with Gasteiger partial charge in [-0.1, -0.05) is 48.0 Å². The second kappa shape index (κ2) is 9.11. The zero-order valence-electron chi connectivity index (χ0n) is 15.8. The summed E-state index contributed by atoms with van der Waals surface area (Å²) in [6.07, 6.45) is 4.42. The molecule has 0 spiro atoms. The van der Waals surface area contributed by atoms with E-state index in [0.29, 0.717) is 0 Å². The smallest absolute Gasteiger partial charge is 0.264 e. The van der Waals surface area contributed by atoms with E-state index in [1.807, 2.05) is 31.2 Å². The molecule has 2 aromatic carbocycles. The Labute approximate surface area is 169 Å². The molecule has 1 aromatic heterocycles. The molecule has 0 saturated carbocycles. The van der Waals surface area contributed by atoms with Crippen LogP contribution in [0, 0.1) is 6.92 Å². The summed E-state index contributed by atoms with van der Waals surface area (Å²) in [5.41, 5.74) is 4.59. The van der Waals surface area contributed by atoms with Gasteiger partial charge in [0.1, 0.15) is 6.54 Å². The van der Waals surface area contributed by atoms with E-state index in [-0.39, 0.29) is 10.6 Å². The zero-order chi connectivity index (χ0) is 20.7. The Kier molecular flexibility index (Phi) is 6.36. The standard InChI is InChI=1S/C21H20N4O3S/c1-17-9-11-18(12-10-17)14-23-24-21(26)16-25(19-6-5-13-22-15-19)29(27,28)20-7-3-2-4-8-20/h2-15H,16H2,1H3,(H,24,26)/b23-14-. The van der Waals surface area contributed by atoms with Crippen LogP contribution >= 0.6 is 0 Å². The summed E-state index contributed by atoms with van der Waals surface area (Å²) in [6, 6.07) is 18.7. The van der Waals surface area contributed by atoms with Crippen LogP contribution in [0.3, 0.4) is 0 Å². The van der Waals surface area contributed by atoms with E-state index in [4.69, 9.17) is 0 Å². The third kappa shape index (κ3) is 5.26. The molecule has 0 atom stereocenters. The molecule has 0 fully saturated rings. The number of pyridine rings is 1. The average Bonchev–Trinajstić information content (AvgIpc) is 2.74. The molecular weight excluding hydrogens is 388 g/mol. The lowest BCUT2D eigenvalue weighted by Crippen LogP contribution is -2.39. The largest absolute Gasteiger partial charge is 0.271 e. The van der Waals surface area contributed by atoms with E-state index in [0.717, 1.165) is 15.4 Å². The van der Waals surface area contributed by atoms with Gasteiger partial charge in [-0.3, -0.25) is 14.1 Å². The van der Waals surface area contributed by atoms with Crippen molar-refractivity contribution in [2.24, 2.45) is 5.10 Å². The number of carbonyl (C=O) groups excluding carboxylic acids is 1. The fourth-order valence-corrected chi connectivity index (χ4v) is 3.96. The summed E-state index contributed by atoms with van der Waals surface area (Å²) in [7, 11) is -3.95. The maximum Gasteiger partial charge on any atom is 0.264 e. The molecule has 0 aliphatic carbocycles. The highest BCUT2D eigenvalue weighted by Crippen LogP contribution is 2.22. The Morgan fingerprint density at radius 3 is 2.45 bits per heavy atom. The van der Waals surface area contributed by atoms with Gasteiger partial charge >= 0.3 is 0 Å². The number of aryl methyl sites for hydroxylation is 1. The molecule has 8 heteroatoms. The number of nitrogens with one attached hydrogen (secondary N) is 1. The number of sulfonamides is 1. The van der Waals surface area contributed by atoms with E-state index in [9.17, 15) is 13.2 Å². The lowest BCUT2D eigenvalue weighted by Gasteiger charge is -2.23. The molecule has 0 bridgehead atoms. The number of hydrogen-bond donors (Lipinski definition) is 1. The Morgan fingerprint density at radius 1 is 1.07 bits per heavy atom. The van der Waals surface area contributed by atoms with Crippen LogP contribution in [0.2, 0.25) is 0 Å². The summed E-state index contributed by atoms with van der Waals surface area (Å²) in [5.74, 6) is -0.572. The molecule has 1 amide bonds. The minimum atomic E-state index is -3.95. The van der Waals surface area contributed by atoms with Crippen LogP contribution in [0.4, 0.5) is 5.69 Å². The Bertz CT molecular complexity index is 1080. The van der Waals surface area contributed by atoms with Gasteiger partial charge in [-0.05, 0) is 36.8 Å². The molecule has 0 unspecified atom stereocenters. The minimum Gasteiger partial charge on any atom is -0.271 e. The van der Waals surface area contributed by atoms with Crippen LogP contribution < -0.4 is 9.73 Å². The van der Waals surface area contributed by atoms with Gasteiger partial charge in [-0.15, -0.1) is 0 Å². The van der Waals surface area contributed by atoms with E-state index < -0.39 is 22.5 Å². The number of hydrogen-bond acceptors (Lipinski definition) is 5. The highest BCUT2D eigenvalue weighted by Gasteiger charge is 2.27. The number of benzene rings is 2. The third-order valence-corrected chi connectivity index (χ3v) is 5.82. The summed E-state index contributed by atoms with van der Waals surface area (Å²) in [6.45, 7) is 1.54. The van der Waals surface area contributed by atoms with Crippen LogP contribution in [-0.2, 0) is 14.8 Å². The van der Waals surface area contributed by atoms with Crippen molar-refractivity contribution in [1.29, 1.82) is 0 Å². The molecule has 29 heavy (non-hydrogen) atoms. The first-order valence-corrected chi connectivity index (χ1v) is 10.3. The fourth-order valence-electron chi connectivity index (χ4n) is 2.53. The molecule has 1 heterocycles. The molecular formula is C21H20N4O3S. The fraction of sp³-hybridized carbons (Fsp3) is 0.0952. The first-order chi connectivity index (χ1) is 14.0. The van der Waals surface area contributed by atoms with Gasteiger partial charge in [-0.2, -0.15) is 5.10 Å². The molecule has 3 aromatic rings. The molecule has 0 radical (unpaired) electrons. The number of amides is 1. The average molecular weight is 408 g/mol. The second-order valence-electron chi connectivity index (χ2n) is 6.24. The second-order valence-corrected chi connectivity index (χ2v) is 8.10. The van der Waals surface area contributed by atoms with Gasteiger partial charge in [0, 0.05) is 6.20 Å². The molecule has 1 N–H and O–H groups in total. The van der Waals surface area contributed by atoms with Gasteiger partial charge in [0.2, 0.25) is 0 Å². The highest BCUT2D eigenvalue weighted by atomic mass is 32.2. The highest BCUT2D eigenvalue weighted by molar-refractivity contribution is 7.92. The molecule has 0 saturated heterocycles. The Balaban J connectivity index is 1.78. The number of rotatable bonds is 7. The van der Waals surface area contributed by atoms with Crippen molar-refractivity contribution in [3.8, 4) is 0 Å². The summed E-state index contributed by atoms with van der Waals surface area (Å²) in [4.78, 5) is 16.4. The predicted molar refractivity (Wildman–Crippen MR) is 112 cm³/mol. The van der Waals surface area contributed by atoms with Gasteiger partial charge in [0.05, 0.1) is 23.0 Å². The predicted octanol–water partition coefficient (Wildman–Crippen LogP) is 2.74. The monoisotopic (exact) mass is 408 g/mol. The first-order valence-electron chi connectivity index (χ1n) is 8.83. The lowest BCUT2D eigenvalue weighted by molar-refractivity contribution is -0.119. The van der Waals surface area contributed by atoms with Gasteiger partial charge in [0.25, 0.3) is 15.9 Å². The van der Waals surface area contributed by atoms with Crippen molar-refractivity contribution >= 4 is 27.8 Å². The van der Waals surface area contributed by atoms with Crippen LogP contribution in [0.1, 0.15) is 11.1 Å². The molecule has 3 rings (SSSR count). The van der Waals surface area contributed by atoms with E-state index in [2.05, 4.69) is 15.5 Å². The normalized spacial score (nSPS) is 11.3. The lowest BCUT2D eigenvalue weighted by atomic mass is 10.2. The van der Waals surface area contributed by atoms with Crippen LogP contribution in [0.5, 0.6) is 0 Å². The van der Waals surface area contributed by atoms with Gasteiger partial charge in [0.15, 0.2) is 0 Å². The van der Waals surface area contributed by atoms with Crippen molar-refractivity contribution in [3.63, 3.8) is 0 Å². The number of hydrazone groups is 1. The van der Waals surface area contributed by atoms with E-state index >= 15 is 0 Å². The quantitative estimate of drug-likeness (QED) is 0.481. The summed E-state index contributed by atoms with van der Waals surface area (Å²) >= 11 is 0. The van der Waals surface area contributed by atoms with Gasteiger partial charge in [-0.25, -0.2) is 13.8 Å². The zero-order valence-corrected chi connectivity index (χ0v) is 16.6. The SMILES string of the molecule is Cc1ccc(/C=N\NC(=O)CN(c2cccnc2)S(=O)(=O)c2ccccc2)cc1. The van der Waals surface area contributed by atoms with Crippen molar-refractivity contribution in [2.75, 3.05) is 10.8 Å². The Morgan fingerprint density at radius 2 is 1.79 bits per heavy atom. The van der Waals surface area contributed by atoms with Crippen molar-refractivity contribution < 1.29 is 13.2 Å². The molecule has 0 aliphatic heterocycles. The topological polar surface area (TPSA) is 91.7 Å². The van der Waals surface area contributed by atoms with E-state index in [1.54, 1.807) is 30.3 Å². The number of nitrogens with zero attached hydrogens (tertiary/aromatic N) is 3. The maximum atomic E-state index is 13.1. The summed E-state index contributed by atoms with van der Waals surface area (Å²) in [5, 5.41) is 3.91. The molecule has 0 aliphatic rings. The third-order valence-electron chi connectivity index (χ3n) is 4.03. The van der Waals surface area contributed by atoms with Crippen LogP contribution in [-0.4, -0.2) is 32.1 Å². The van der Waals surface area contributed by atoms with Crippen molar-refractivity contribution in [2.45, 2.75) is 11.8 Å². The molecule has 148 valence electrons. The summed E-state index contributed by atoms with van der Waals surface area (Å²) < 4.78 is 27.2. The van der Waals surface area contributed by atoms with Crippen molar-refractivity contribution in [1.82, 2.24) is 10.4 Å². The number of carbonyl (C=O) groups is 1. The minimum absolute atomic E-state index is 0.0832. The number of aromatic nitrogens is 1. The molecule has 7 nitrogen and oxygen atoms in total. The Hall–Kier alpha value is -3.52. The van der Waals surface area contributed by atoms with Gasteiger partial charge < -0.3 is 0 Å². The maximum absolute atomic E-state index is 13.1. The van der Waals surface area contributed by atoms with Crippen LogP contribution in [0.25, 0.3) is 0 Å². The number of anilines is 1.